The molecule has 0 radical (unpaired) electrons. The fourth-order valence-electron chi connectivity index (χ4n) is 2.89. The number of H-pyrrole nitrogens is 1. The minimum absolute atomic E-state index is 0.0790. The van der Waals surface area contributed by atoms with E-state index in [1.165, 1.54) is 24.4 Å². The summed E-state index contributed by atoms with van der Waals surface area (Å²) in [6.07, 6.45) is -8.82. The van der Waals surface area contributed by atoms with E-state index in [0.717, 1.165) is 12.1 Å². The van der Waals surface area contributed by atoms with Gasteiger partial charge in [-0.05, 0) is 35.9 Å². The van der Waals surface area contributed by atoms with Gasteiger partial charge in [0.1, 0.15) is 5.75 Å². The highest BCUT2D eigenvalue weighted by Crippen LogP contribution is 2.30. The van der Waals surface area contributed by atoms with E-state index in [0.29, 0.717) is 28.6 Å². The molecule has 0 saturated carbocycles. The number of hydrogen-bond acceptors (Lipinski definition) is 3. The maximum absolute atomic E-state index is 12.6. The van der Waals surface area contributed by atoms with Crippen LogP contribution in [0, 0.1) is 0 Å². The second-order valence-corrected chi connectivity index (χ2v) is 8.83. The number of nitrogens with one attached hydrogen (secondary N) is 2. The first-order valence-corrected chi connectivity index (χ1v) is 10.9. The topological polar surface area (TPSA) is 71.2 Å². The lowest BCUT2D eigenvalue weighted by atomic mass is 10.1. The monoisotopic (exact) mass is 480 g/mol. The van der Waals surface area contributed by atoms with Gasteiger partial charge in [-0.2, -0.15) is 26.3 Å². The molecule has 12 heteroatoms. The molecular weight excluding hydrogens is 462 g/mol. The van der Waals surface area contributed by atoms with Gasteiger partial charge in [-0.3, -0.25) is 4.72 Å². The Morgan fingerprint density at radius 3 is 2.28 bits per heavy atom. The van der Waals surface area contributed by atoms with Crippen LogP contribution < -0.4 is 9.46 Å². The van der Waals surface area contributed by atoms with Gasteiger partial charge in [0.15, 0.2) is 0 Å². The maximum atomic E-state index is 12.6. The van der Waals surface area contributed by atoms with Crippen LogP contribution in [0.2, 0.25) is 0 Å². The Hall–Kier alpha value is -2.89. The highest BCUT2D eigenvalue weighted by atomic mass is 32.2. The zero-order valence-electron chi connectivity index (χ0n) is 16.3. The standard InChI is InChI=1S/C20H18F6N2O3S/c21-19(22,23)8-10-32(29,30)28-18-12-27-17-6-5-15(11-16(17)18)31-9-7-13-1-3-14(4-2-13)20(24,25)26/h1-6,11-12,27-28H,7-10H2. The molecule has 0 aliphatic heterocycles. The van der Waals surface area contributed by atoms with Crippen molar-refractivity contribution in [3.8, 4) is 5.75 Å². The number of halogens is 6. The summed E-state index contributed by atoms with van der Waals surface area (Å²) in [5, 5.41) is 0.396. The summed E-state index contributed by atoms with van der Waals surface area (Å²) < 4.78 is 106. The van der Waals surface area contributed by atoms with Crippen molar-refractivity contribution in [3.05, 3.63) is 59.8 Å². The summed E-state index contributed by atoms with van der Waals surface area (Å²) in [4.78, 5) is 2.81. The first-order valence-electron chi connectivity index (χ1n) is 9.30. The third kappa shape index (κ3) is 6.55. The Bertz CT molecular complexity index is 1170. The predicted molar refractivity (Wildman–Crippen MR) is 107 cm³/mol. The van der Waals surface area contributed by atoms with Gasteiger partial charge < -0.3 is 9.72 Å². The molecule has 0 bridgehead atoms. The largest absolute Gasteiger partial charge is 0.493 e. The van der Waals surface area contributed by atoms with E-state index >= 15 is 0 Å². The molecule has 32 heavy (non-hydrogen) atoms. The molecule has 0 unspecified atom stereocenters. The van der Waals surface area contributed by atoms with Gasteiger partial charge in [0.25, 0.3) is 0 Å². The van der Waals surface area contributed by atoms with Crippen LogP contribution in [-0.2, 0) is 22.6 Å². The average Bonchev–Trinajstić information content (AvgIpc) is 3.07. The Labute approximate surface area is 179 Å². The zero-order chi connectivity index (χ0) is 23.6. The summed E-state index contributed by atoms with van der Waals surface area (Å²) in [7, 11) is -4.22. The third-order valence-corrected chi connectivity index (χ3v) is 5.79. The SMILES string of the molecule is O=S(=O)(CCC(F)(F)F)Nc1c[nH]c2ccc(OCCc3ccc(C(F)(F)F)cc3)cc12. The normalized spacial score (nSPS) is 12.8. The molecule has 174 valence electrons. The maximum Gasteiger partial charge on any atom is 0.416 e. The number of rotatable bonds is 8. The molecule has 0 aliphatic carbocycles. The molecule has 0 aliphatic rings. The fraction of sp³-hybridized carbons (Fsp3) is 0.300. The molecule has 0 spiro atoms. The van der Waals surface area contributed by atoms with Crippen LogP contribution in [0.15, 0.2) is 48.7 Å². The number of aromatic nitrogens is 1. The van der Waals surface area contributed by atoms with Gasteiger partial charge in [-0.1, -0.05) is 12.1 Å². The molecule has 1 aromatic heterocycles. The number of aromatic amines is 1. The molecular formula is C20H18F6N2O3S. The van der Waals surface area contributed by atoms with Crippen LogP contribution in [-0.4, -0.2) is 31.9 Å². The molecule has 0 saturated heterocycles. The Morgan fingerprint density at radius 1 is 0.969 bits per heavy atom. The Morgan fingerprint density at radius 2 is 1.66 bits per heavy atom. The highest BCUT2D eigenvalue weighted by molar-refractivity contribution is 7.92. The first kappa shape index (κ1) is 23.8. The van der Waals surface area contributed by atoms with E-state index in [2.05, 4.69) is 9.71 Å². The molecule has 0 fully saturated rings. The van der Waals surface area contributed by atoms with Crippen molar-refractivity contribution in [1.82, 2.24) is 4.98 Å². The number of hydrogen-bond donors (Lipinski definition) is 2. The van der Waals surface area contributed by atoms with Gasteiger partial charge in [0, 0.05) is 23.5 Å². The molecule has 3 rings (SSSR count). The van der Waals surface area contributed by atoms with Crippen LogP contribution in [0.5, 0.6) is 5.75 Å². The number of ether oxygens (including phenoxy) is 1. The van der Waals surface area contributed by atoms with E-state index in [4.69, 9.17) is 4.74 Å². The van der Waals surface area contributed by atoms with Crippen molar-refractivity contribution in [3.63, 3.8) is 0 Å². The van der Waals surface area contributed by atoms with Crippen molar-refractivity contribution >= 4 is 26.6 Å². The fourth-order valence-corrected chi connectivity index (χ4v) is 4.00. The smallest absolute Gasteiger partial charge is 0.416 e. The minimum Gasteiger partial charge on any atom is -0.493 e. The predicted octanol–water partition coefficient (Wildman–Crippen LogP) is 5.50. The summed E-state index contributed by atoms with van der Waals surface area (Å²) >= 11 is 0. The van der Waals surface area contributed by atoms with E-state index in [-0.39, 0.29) is 12.3 Å². The Balaban J connectivity index is 1.64. The van der Waals surface area contributed by atoms with Crippen molar-refractivity contribution in [2.45, 2.75) is 25.2 Å². The van der Waals surface area contributed by atoms with Crippen LogP contribution in [0.3, 0.4) is 0 Å². The van der Waals surface area contributed by atoms with Gasteiger partial charge in [0.05, 0.1) is 30.0 Å². The lowest BCUT2D eigenvalue weighted by Gasteiger charge is -2.10. The average molecular weight is 480 g/mol. The van der Waals surface area contributed by atoms with Gasteiger partial charge >= 0.3 is 12.4 Å². The lowest BCUT2D eigenvalue weighted by Crippen LogP contribution is -2.21. The molecule has 1 heterocycles. The quantitative estimate of drug-likeness (QED) is 0.418. The zero-order valence-corrected chi connectivity index (χ0v) is 17.2. The van der Waals surface area contributed by atoms with E-state index in [9.17, 15) is 34.8 Å². The summed E-state index contributed by atoms with van der Waals surface area (Å²) in [6, 6.07) is 9.41. The minimum atomic E-state index is -4.59. The number of sulfonamides is 1. The summed E-state index contributed by atoms with van der Waals surface area (Å²) in [5.41, 5.74) is 0.508. The Kier molecular flexibility index (Phi) is 6.63. The van der Waals surface area contributed by atoms with Crippen molar-refractivity contribution in [2.24, 2.45) is 0 Å². The first-order chi connectivity index (χ1) is 14.8. The highest BCUT2D eigenvalue weighted by Gasteiger charge is 2.30. The summed E-state index contributed by atoms with van der Waals surface area (Å²) in [5.74, 6) is -0.744. The van der Waals surface area contributed by atoms with Gasteiger partial charge in [-0.15, -0.1) is 0 Å². The number of fused-ring (bicyclic) bond motifs is 1. The molecule has 3 aromatic rings. The van der Waals surface area contributed by atoms with Gasteiger partial charge in [-0.25, -0.2) is 8.42 Å². The second kappa shape index (κ2) is 8.93. The summed E-state index contributed by atoms with van der Waals surface area (Å²) in [6.45, 7) is 0.147. The van der Waals surface area contributed by atoms with Gasteiger partial charge in [0.2, 0.25) is 10.0 Å². The van der Waals surface area contributed by atoms with Crippen LogP contribution >= 0.6 is 0 Å². The lowest BCUT2D eigenvalue weighted by molar-refractivity contribution is -0.137. The van der Waals surface area contributed by atoms with Crippen LogP contribution in [0.25, 0.3) is 10.9 Å². The second-order valence-electron chi connectivity index (χ2n) is 6.99. The van der Waals surface area contributed by atoms with Crippen molar-refractivity contribution < 1.29 is 39.5 Å². The van der Waals surface area contributed by atoms with Crippen molar-refractivity contribution in [1.29, 1.82) is 0 Å². The molecule has 0 amide bonds. The van der Waals surface area contributed by atoms with E-state index in [1.54, 1.807) is 12.1 Å². The molecule has 5 nitrogen and oxygen atoms in total. The number of alkyl halides is 6. The third-order valence-electron chi connectivity index (χ3n) is 4.51. The molecule has 2 N–H and O–H groups in total. The van der Waals surface area contributed by atoms with Crippen LogP contribution in [0.4, 0.5) is 32.0 Å². The van der Waals surface area contributed by atoms with E-state index < -0.39 is 40.1 Å². The molecule has 0 atom stereocenters. The molecule has 2 aromatic carbocycles. The van der Waals surface area contributed by atoms with Crippen LogP contribution in [0.1, 0.15) is 17.5 Å². The number of benzene rings is 2. The van der Waals surface area contributed by atoms with Crippen molar-refractivity contribution in [2.75, 3.05) is 17.1 Å². The number of anilines is 1. The van der Waals surface area contributed by atoms with E-state index in [1.807, 2.05) is 0 Å².